The zero-order valence-electron chi connectivity index (χ0n) is 12.9. The number of benzene rings is 1. The highest BCUT2D eigenvalue weighted by molar-refractivity contribution is 5.55. The fourth-order valence-electron chi connectivity index (χ4n) is 3.01. The third-order valence-electron chi connectivity index (χ3n) is 4.55. The lowest BCUT2D eigenvalue weighted by Gasteiger charge is -2.36. The van der Waals surface area contributed by atoms with Gasteiger partial charge in [0.2, 0.25) is 0 Å². The van der Waals surface area contributed by atoms with Gasteiger partial charge < -0.3 is 15.1 Å². The Balaban J connectivity index is 1.70. The van der Waals surface area contributed by atoms with Crippen molar-refractivity contribution in [3.05, 3.63) is 29.3 Å². The largest absolute Gasteiger partial charge is 0.369 e. The number of likely N-dealkylation sites (N-methyl/N-ethyl adjacent to an activating group) is 1. The second-order valence-corrected chi connectivity index (χ2v) is 6.21. The van der Waals surface area contributed by atoms with Crippen LogP contribution in [-0.2, 0) is 6.54 Å². The highest BCUT2D eigenvalue weighted by atomic mass is 15.3. The Labute approximate surface area is 123 Å². The Morgan fingerprint density at radius 3 is 2.55 bits per heavy atom. The van der Waals surface area contributed by atoms with Crippen LogP contribution in [0.15, 0.2) is 18.2 Å². The molecule has 20 heavy (non-hydrogen) atoms. The Hall–Kier alpha value is -1.06. The highest BCUT2D eigenvalue weighted by Crippen LogP contribution is 2.25. The van der Waals surface area contributed by atoms with Gasteiger partial charge in [-0.2, -0.15) is 0 Å². The summed E-state index contributed by atoms with van der Waals surface area (Å²) in [5.74, 6) is 0. The topological polar surface area (TPSA) is 18.5 Å². The Morgan fingerprint density at radius 2 is 1.90 bits per heavy atom. The lowest BCUT2D eigenvalue weighted by molar-refractivity contribution is 0.271. The van der Waals surface area contributed by atoms with Crippen molar-refractivity contribution in [1.82, 2.24) is 10.2 Å². The van der Waals surface area contributed by atoms with Crippen molar-refractivity contribution in [1.29, 1.82) is 0 Å². The van der Waals surface area contributed by atoms with Crippen molar-refractivity contribution in [2.45, 2.75) is 39.3 Å². The van der Waals surface area contributed by atoms with E-state index in [1.54, 1.807) is 0 Å². The zero-order chi connectivity index (χ0) is 13.9. The lowest BCUT2D eigenvalue weighted by atomic mass is 10.1. The van der Waals surface area contributed by atoms with E-state index in [1.807, 2.05) is 0 Å². The first kappa shape index (κ1) is 13.9. The molecule has 1 aliphatic heterocycles. The van der Waals surface area contributed by atoms with Crippen LogP contribution in [0, 0.1) is 6.92 Å². The molecule has 0 bridgehead atoms. The van der Waals surface area contributed by atoms with E-state index in [-0.39, 0.29) is 0 Å². The molecule has 3 nitrogen and oxygen atoms in total. The maximum absolute atomic E-state index is 3.66. The van der Waals surface area contributed by atoms with Gasteiger partial charge in [-0.15, -0.1) is 0 Å². The van der Waals surface area contributed by atoms with E-state index in [0.717, 1.165) is 25.7 Å². The molecule has 0 atom stereocenters. The molecule has 1 aromatic carbocycles. The van der Waals surface area contributed by atoms with Crippen molar-refractivity contribution >= 4 is 5.69 Å². The van der Waals surface area contributed by atoms with E-state index in [4.69, 9.17) is 0 Å². The normalized spacial score (nSPS) is 20.4. The van der Waals surface area contributed by atoms with Crippen LogP contribution >= 0.6 is 0 Å². The summed E-state index contributed by atoms with van der Waals surface area (Å²) in [5, 5.41) is 3.66. The third-order valence-corrected chi connectivity index (χ3v) is 4.55. The van der Waals surface area contributed by atoms with Gasteiger partial charge in [0, 0.05) is 44.5 Å². The minimum Gasteiger partial charge on any atom is -0.369 e. The molecular weight excluding hydrogens is 246 g/mol. The van der Waals surface area contributed by atoms with E-state index < -0.39 is 0 Å². The molecule has 2 aliphatic rings. The van der Waals surface area contributed by atoms with E-state index in [1.165, 1.54) is 49.3 Å². The molecule has 3 rings (SSSR count). The average molecular weight is 273 g/mol. The summed E-state index contributed by atoms with van der Waals surface area (Å²) in [7, 11) is 0. The molecule has 1 aliphatic carbocycles. The van der Waals surface area contributed by atoms with Gasteiger partial charge >= 0.3 is 0 Å². The minimum atomic E-state index is 0.778. The van der Waals surface area contributed by atoms with Gasteiger partial charge in [0.25, 0.3) is 0 Å². The maximum Gasteiger partial charge on any atom is 0.0412 e. The van der Waals surface area contributed by atoms with Crippen molar-refractivity contribution in [3.8, 4) is 0 Å². The first-order chi connectivity index (χ1) is 9.76. The van der Waals surface area contributed by atoms with Gasteiger partial charge in [-0.25, -0.2) is 0 Å². The summed E-state index contributed by atoms with van der Waals surface area (Å²) in [5.41, 5.74) is 4.29. The second-order valence-electron chi connectivity index (χ2n) is 6.21. The number of hydrogen-bond acceptors (Lipinski definition) is 3. The molecule has 110 valence electrons. The van der Waals surface area contributed by atoms with Crippen molar-refractivity contribution in [2.24, 2.45) is 0 Å². The third kappa shape index (κ3) is 3.33. The van der Waals surface area contributed by atoms with Crippen LogP contribution in [0.4, 0.5) is 5.69 Å². The average Bonchev–Trinajstić information content (AvgIpc) is 3.30. The summed E-state index contributed by atoms with van der Waals surface area (Å²) < 4.78 is 0. The summed E-state index contributed by atoms with van der Waals surface area (Å²) in [6.45, 7) is 11.4. The molecule has 1 aromatic rings. The predicted octanol–water partition coefficient (Wildman–Crippen LogP) is 2.39. The van der Waals surface area contributed by atoms with E-state index >= 15 is 0 Å². The fourth-order valence-corrected chi connectivity index (χ4v) is 3.01. The van der Waals surface area contributed by atoms with Gasteiger partial charge in [-0.05, 0) is 37.9 Å². The molecule has 1 saturated heterocycles. The number of nitrogens with zero attached hydrogens (tertiary/aromatic N) is 2. The second kappa shape index (κ2) is 6.15. The molecule has 1 heterocycles. The van der Waals surface area contributed by atoms with E-state index in [2.05, 4.69) is 47.2 Å². The molecule has 1 N–H and O–H groups in total. The van der Waals surface area contributed by atoms with Crippen LogP contribution in [0.2, 0.25) is 0 Å². The first-order valence-corrected chi connectivity index (χ1v) is 8.06. The standard InChI is InChI=1S/C17H27N3/c1-3-19-8-10-20(11-9-19)17-7-4-14(2)12-15(17)13-18-16-5-6-16/h4,7,12,16,18H,3,5-6,8-11,13H2,1-2H3. The monoisotopic (exact) mass is 273 g/mol. The summed E-state index contributed by atoms with van der Waals surface area (Å²) >= 11 is 0. The quantitative estimate of drug-likeness (QED) is 0.888. The maximum atomic E-state index is 3.66. The molecule has 0 spiro atoms. The smallest absolute Gasteiger partial charge is 0.0412 e. The summed E-state index contributed by atoms with van der Waals surface area (Å²) in [4.78, 5) is 5.10. The van der Waals surface area contributed by atoms with Gasteiger partial charge in [0.05, 0.1) is 0 Å². The van der Waals surface area contributed by atoms with Gasteiger partial charge in [-0.1, -0.05) is 24.6 Å². The molecular formula is C17H27N3. The minimum absolute atomic E-state index is 0.778. The lowest BCUT2D eigenvalue weighted by Crippen LogP contribution is -2.46. The first-order valence-electron chi connectivity index (χ1n) is 8.06. The molecule has 0 radical (unpaired) electrons. The van der Waals surface area contributed by atoms with E-state index in [0.29, 0.717) is 0 Å². The van der Waals surface area contributed by atoms with Crippen molar-refractivity contribution in [2.75, 3.05) is 37.6 Å². The van der Waals surface area contributed by atoms with E-state index in [9.17, 15) is 0 Å². The number of piperazine rings is 1. The molecule has 0 unspecified atom stereocenters. The van der Waals surface area contributed by atoms with Gasteiger partial charge in [0.15, 0.2) is 0 Å². The zero-order valence-corrected chi connectivity index (χ0v) is 12.9. The Kier molecular flexibility index (Phi) is 4.27. The summed E-state index contributed by atoms with van der Waals surface area (Å²) in [6.07, 6.45) is 2.71. The van der Waals surface area contributed by atoms with Crippen LogP contribution in [0.25, 0.3) is 0 Å². The van der Waals surface area contributed by atoms with Crippen LogP contribution in [-0.4, -0.2) is 43.7 Å². The number of anilines is 1. The number of hydrogen-bond donors (Lipinski definition) is 1. The van der Waals surface area contributed by atoms with Gasteiger partial charge in [-0.3, -0.25) is 0 Å². The van der Waals surface area contributed by atoms with Crippen LogP contribution in [0.5, 0.6) is 0 Å². The number of aryl methyl sites for hydroxylation is 1. The molecule has 0 aromatic heterocycles. The van der Waals surface area contributed by atoms with Crippen LogP contribution in [0.1, 0.15) is 30.9 Å². The predicted molar refractivity (Wildman–Crippen MR) is 85.4 cm³/mol. The molecule has 1 saturated carbocycles. The van der Waals surface area contributed by atoms with Crippen molar-refractivity contribution < 1.29 is 0 Å². The van der Waals surface area contributed by atoms with Crippen molar-refractivity contribution in [3.63, 3.8) is 0 Å². The SMILES string of the molecule is CCN1CCN(c2ccc(C)cc2CNC2CC2)CC1. The highest BCUT2D eigenvalue weighted by Gasteiger charge is 2.22. The van der Waals surface area contributed by atoms with Crippen LogP contribution < -0.4 is 10.2 Å². The molecule has 2 fully saturated rings. The van der Waals surface area contributed by atoms with Crippen LogP contribution in [0.3, 0.4) is 0 Å². The summed E-state index contributed by atoms with van der Waals surface area (Å²) in [6, 6.07) is 7.71. The fraction of sp³-hybridized carbons (Fsp3) is 0.647. The van der Waals surface area contributed by atoms with Gasteiger partial charge in [0.1, 0.15) is 0 Å². The number of rotatable bonds is 5. The molecule has 0 amide bonds. The number of nitrogens with one attached hydrogen (secondary N) is 1. The Bertz CT molecular complexity index is 446. The Morgan fingerprint density at radius 1 is 1.15 bits per heavy atom. The molecule has 3 heteroatoms.